The average Bonchev–Trinajstić information content (AvgIpc) is 2.99. The zero-order chi connectivity index (χ0) is 15.4. The summed E-state index contributed by atoms with van der Waals surface area (Å²) in [4.78, 5) is 11.9. The van der Waals surface area contributed by atoms with Crippen molar-refractivity contribution in [3.05, 3.63) is 29.7 Å². The number of carbonyl (C=O) groups is 1. The van der Waals surface area contributed by atoms with Gasteiger partial charge in [0, 0.05) is 24.6 Å². The third kappa shape index (κ3) is 4.46. The summed E-state index contributed by atoms with van der Waals surface area (Å²) in [7, 11) is 0. The van der Waals surface area contributed by atoms with Crippen LogP contribution >= 0.6 is 0 Å². The van der Waals surface area contributed by atoms with Gasteiger partial charge in [0.05, 0.1) is 0 Å². The Morgan fingerprint density at radius 2 is 2.24 bits per heavy atom. The van der Waals surface area contributed by atoms with Gasteiger partial charge in [0.2, 0.25) is 5.91 Å². The zero-order valence-electron chi connectivity index (χ0n) is 13.0. The van der Waals surface area contributed by atoms with Crippen LogP contribution in [-0.2, 0) is 4.79 Å². The fraction of sp³-hybridized carbons (Fsp3) is 0.588. The molecular weight excluding hydrogens is 266 g/mol. The van der Waals surface area contributed by atoms with Crippen LogP contribution in [0.25, 0.3) is 6.08 Å². The SMILES string of the molecule is CC(C)C(CCO)NC(=O)/C=C/c1ccc(C2CC2C)o1. The normalized spacial score (nSPS) is 22.7. The molecule has 0 bridgehead atoms. The molecule has 1 heterocycles. The fourth-order valence-electron chi connectivity index (χ4n) is 2.48. The summed E-state index contributed by atoms with van der Waals surface area (Å²) < 4.78 is 5.72. The van der Waals surface area contributed by atoms with Crippen molar-refractivity contribution in [2.24, 2.45) is 11.8 Å². The summed E-state index contributed by atoms with van der Waals surface area (Å²) in [5.41, 5.74) is 0. The van der Waals surface area contributed by atoms with Gasteiger partial charge >= 0.3 is 0 Å². The third-order valence-corrected chi connectivity index (χ3v) is 4.09. The van der Waals surface area contributed by atoms with E-state index in [0.717, 1.165) is 5.76 Å². The maximum absolute atomic E-state index is 11.9. The van der Waals surface area contributed by atoms with Crippen molar-refractivity contribution >= 4 is 12.0 Å². The van der Waals surface area contributed by atoms with Crippen molar-refractivity contribution in [3.8, 4) is 0 Å². The van der Waals surface area contributed by atoms with Crippen LogP contribution in [0.2, 0.25) is 0 Å². The highest BCUT2D eigenvalue weighted by Gasteiger charge is 2.36. The Morgan fingerprint density at radius 1 is 1.52 bits per heavy atom. The second-order valence-corrected chi connectivity index (χ2v) is 6.26. The molecule has 1 aromatic rings. The van der Waals surface area contributed by atoms with E-state index in [2.05, 4.69) is 12.2 Å². The van der Waals surface area contributed by atoms with Crippen molar-refractivity contribution in [1.29, 1.82) is 0 Å². The molecule has 21 heavy (non-hydrogen) atoms. The Kier molecular flexibility index (Phi) is 5.23. The lowest BCUT2D eigenvalue weighted by molar-refractivity contribution is -0.117. The van der Waals surface area contributed by atoms with Gasteiger partial charge in [-0.05, 0) is 42.9 Å². The average molecular weight is 291 g/mol. The van der Waals surface area contributed by atoms with Gasteiger partial charge in [0.1, 0.15) is 11.5 Å². The summed E-state index contributed by atoms with van der Waals surface area (Å²) in [6, 6.07) is 3.89. The maximum atomic E-state index is 11.9. The first kappa shape index (κ1) is 15.8. The van der Waals surface area contributed by atoms with E-state index in [-0.39, 0.29) is 18.6 Å². The Morgan fingerprint density at radius 3 is 2.81 bits per heavy atom. The van der Waals surface area contributed by atoms with Gasteiger partial charge < -0.3 is 14.8 Å². The predicted octanol–water partition coefficient (Wildman–Crippen LogP) is 2.94. The highest BCUT2D eigenvalue weighted by atomic mass is 16.3. The lowest BCUT2D eigenvalue weighted by Gasteiger charge is -2.20. The molecule has 2 N–H and O–H groups in total. The van der Waals surface area contributed by atoms with Crippen LogP contribution in [0.3, 0.4) is 0 Å². The van der Waals surface area contributed by atoms with Crippen molar-refractivity contribution in [2.75, 3.05) is 6.61 Å². The minimum atomic E-state index is -0.153. The highest BCUT2D eigenvalue weighted by molar-refractivity contribution is 5.91. The minimum Gasteiger partial charge on any atom is -0.461 e. The van der Waals surface area contributed by atoms with Crippen molar-refractivity contribution in [1.82, 2.24) is 5.32 Å². The van der Waals surface area contributed by atoms with Gasteiger partial charge in [0.15, 0.2) is 0 Å². The number of nitrogens with one attached hydrogen (secondary N) is 1. The number of aliphatic hydroxyl groups excluding tert-OH is 1. The molecule has 1 aromatic heterocycles. The molecule has 0 aliphatic heterocycles. The summed E-state index contributed by atoms with van der Waals surface area (Å²) in [5, 5.41) is 11.9. The fourth-order valence-corrected chi connectivity index (χ4v) is 2.48. The van der Waals surface area contributed by atoms with Crippen LogP contribution in [0.15, 0.2) is 22.6 Å². The molecule has 0 spiro atoms. The van der Waals surface area contributed by atoms with Gasteiger partial charge in [-0.2, -0.15) is 0 Å². The van der Waals surface area contributed by atoms with E-state index in [1.54, 1.807) is 6.08 Å². The Bertz CT molecular complexity index is 504. The van der Waals surface area contributed by atoms with Crippen LogP contribution < -0.4 is 5.32 Å². The second-order valence-electron chi connectivity index (χ2n) is 6.26. The van der Waals surface area contributed by atoms with E-state index in [1.807, 2.05) is 26.0 Å². The van der Waals surface area contributed by atoms with Gasteiger partial charge in [-0.15, -0.1) is 0 Å². The van der Waals surface area contributed by atoms with E-state index in [9.17, 15) is 4.79 Å². The molecule has 4 nitrogen and oxygen atoms in total. The monoisotopic (exact) mass is 291 g/mol. The number of hydrogen-bond donors (Lipinski definition) is 2. The van der Waals surface area contributed by atoms with E-state index in [1.165, 1.54) is 12.5 Å². The molecule has 1 fully saturated rings. The topological polar surface area (TPSA) is 62.5 Å². The molecule has 3 atom stereocenters. The number of amides is 1. The molecule has 1 aliphatic carbocycles. The zero-order valence-corrected chi connectivity index (χ0v) is 13.0. The van der Waals surface area contributed by atoms with E-state index in [0.29, 0.717) is 29.9 Å². The van der Waals surface area contributed by atoms with E-state index >= 15 is 0 Å². The summed E-state index contributed by atoms with van der Waals surface area (Å²) in [6.07, 6.45) is 4.95. The smallest absolute Gasteiger partial charge is 0.244 e. The first-order valence-electron chi connectivity index (χ1n) is 7.70. The largest absolute Gasteiger partial charge is 0.461 e. The molecule has 0 saturated heterocycles. The predicted molar refractivity (Wildman–Crippen MR) is 82.7 cm³/mol. The van der Waals surface area contributed by atoms with Crippen LogP contribution in [0, 0.1) is 11.8 Å². The molecule has 4 heteroatoms. The minimum absolute atomic E-state index is 0.00775. The third-order valence-electron chi connectivity index (χ3n) is 4.09. The number of rotatable bonds is 7. The van der Waals surface area contributed by atoms with Gasteiger partial charge in [0.25, 0.3) is 0 Å². The molecule has 1 saturated carbocycles. The molecule has 0 aromatic carbocycles. The van der Waals surface area contributed by atoms with E-state index in [4.69, 9.17) is 9.52 Å². The molecule has 3 unspecified atom stereocenters. The Hall–Kier alpha value is -1.55. The summed E-state index contributed by atoms with van der Waals surface area (Å²) >= 11 is 0. The number of hydrogen-bond acceptors (Lipinski definition) is 3. The first-order chi connectivity index (χ1) is 10.0. The summed E-state index contributed by atoms with van der Waals surface area (Å²) in [5.74, 6) is 3.13. The number of aliphatic hydroxyl groups is 1. The van der Waals surface area contributed by atoms with Crippen molar-refractivity contribution < 1.29 is 14.3 Å². The lowest BCUT2D eigenvalue weighted by atomic mass is 10.0. The first-order valence-corrected chi connectivity index (χ1v) is 7.70. The van der Waals surface area contributed by atoms with E-state index < -0.39 is 0 Å². The van der Waals surface area contributed by atoms with Gasteiger partial charge in [-0.25, -0.2) is 0 Å². The van der Waals surface area contributed by atoms with Gasteiger partial charge in [-0.3, -0.25) is 4.79 Å². The molecule has 116 valence electrons. The second kappa shape index (κ2) is 6.94. The quantitative estimate of drug-likeness (QED) is 0.759. The molecule has 0 radical (unpaired) electrons. The Balaban J connectivity index is 1.87. The van der Waals surface area contributed by atoms with Crippen LogP contribution in [-0.4, -0.2) is 23.7 Å². The number of furan rings is 1. The standard InChI is InChI=1S/C17H25NO3/c1-11(2)15(8-9-19)18-17(20)7-5-13-4-6-16(21-13)14-10-12(14)3/h4-7,11-12,14-15,19H,8-10H2,1-3H3,(H,18,20)/b7-5+. The van der Waals surface area contributed by atoms with Crippen LogP contribution in [0.4, 0.5) is 0 Å². The highest BCUT2D eigenvalue weighted by Crippen LogP contribution is 2.47. The Labute approximate surface area is 126 Å². The van der Waals surface area contributed by atoms with Crippen LogP contribution in [0.5, 0.6) is 0 Å². The molecule has 1 aliphatic rings. The molecule has 1 amide bonds. The van der Waals surface area contributed by atoms with Crippen LogP contribution in [0.1, 0.15) is 51.1 Å². The van der Waals surface area contributed by atoms with Crippen molar-refractivity contribution in [2.45, 2.75) is 45.6 Å². The molecular formula is C17H25NO3. The molecule has 2 rings (SSSR count). The van der Waals surface area contributed by atoms with Gasteiger partial charge in [-0.1, -0.05) is 20.8 Å². The summed E-state index contributed by atoms with van der Waals surface area (Å²) in [6.45, 7) is 6.34. The number of carbonyl (C=O) groups excluding carboxylic acids is 1. The lowest BCUT2D eigenvalue weighted by Crippen LogP contribution is -2.38. The van der Waals surface area contributed by atoms with Crippen molar-refractivity contribution in [3.63, 3.8) is 0 Å². The maximum Gasteiger partial charge on any atom is 0.244 e.